The number of anilines is 1. The first-order valence-electron chi connectivity index (χ1n) is 5.86. The van der Waals surface area contributed by atoms with Gasteiger partial charge in [-0.05, 0) is 18.6 Å². The lowest BCUT2D eigenvalue weighted by molar-refractivity contribution is -0.384. The summed E-state index contributed by atoms with van der Waals surface area (Å²) in [5.41, 5.74) is 1.60. The molecule has 6 nitrogen and oxygen atoms in total. The van der Waals surface area contributed by atoms with E-state index in [9.17, 15) is 14.9 Å². The Hall–Kier alpha value is -2.15. The van der Waals surface area contributed by atoms with Crippen LogP contribution in [0.2, 0.25) is 0 Å². The summed E-state index contributed by atoms with van der Waals surface area (Å²) in [6.07, 6.45) is 1.19. The number of benzene rings is 1. The summed E-state index contributed by atoms with van der Waals surface area (Å²) in [4.78, 5) is 24.7. The van der Waals surface area contributed by atoms with E-state index in [0.29, 0.717) is 5.69 Å². The second-order valence-corrected chi connectivity index (χ2v) is 5.56. The van der Waals surface area contributed by atoms with E-state index in [1.165, 1.54) is 12.3 Å². The van der Waals surface area contributed by atoms with Crippen LogP contribution in [0, 0.1) is 10.1 Å². The molecule has 1 unspecified atom stereocenters. The fourth-order valence-electron chi connectivity index (χ4n) is 1.77. The summed E-state index contributed by atoms with van der Waals surface area (Å²) in [7, 11) is 0. The maximum Gasteiger partial charge on any atom is 0.287 e. The highest BCUT2D eigenvalue weighted by atomic mass is 79.9. The van der Waals surface area contributed by atoms with Crippen molar-refractivity contribution in [3.8, 4) is 0 Å². The molecule has 0 saturated carbocycles. The zero-order valence-electron chi connectivity index (χ0n) is 10.6. The number of nitro groups is 1. The zero-order chi connectivity index (χ0) is 14.7. The van der Waals surface area contributed by atoms with Crippen molar-refractivity contribution >= 4 is 33.2 Å². The second-order valence-electron chi connectivity index (χ2n) is 4.19. The molecule has 0 saturated heterocycles. The molecule has 0 spiro atoms. The molecule has 0 bridgehead atoms. The molecule has 1 aromatic carbocycles. The van der Waals surface area contributed by atoms with Crippen molar-refractivity contribution in [1.29, 1.82) is 0 Å². The third-order valence-electron chi connectivity index (χ3n) is 2.76. The second kappa shape index (κ2) is 5.87. The number of carbonyl (C=O) groups excluding carboxylic acids is 1. The minimum Gasteiger partial charge on any atom is -0.351 e. The average Bonchev–Trinajstić information content (AvgIpc) is 2.89. The van der Waals surface area contributed by atoms with Crippen LogP contribution in [-0.4, -0.2) is 15.8 Å². The number of alkyl halides is 1. The number of H-pyrrole nitrogens is 1. The lowest BCUT2D eigenvalue weighted by Gasteiger charge is -2.11. The summed E-state index contributed by atoms with van der Waals surface area (Å²) < 4.78 is 0. The number of halogens is 1. The van der Waals surface area contributed by atoms with Crippen LogP contribution >= 0.6 is 15.9 Å². The Morgan fingerprint density at radius 2 is 2.15 bits per heavy atom. The molecule has 1 heterocycles. The molecule has 2 rings (SSSR count). The number of aromatic nitrogens is 1. The normalized spacial score (nSPS) is 11.9. The Labute approximate surface area is 123 Å². The predicted molar refractivity (Wildman–Crippen MR) is 79.2 cm³/mol. The fraction of sp³-hybridized carbons (Fsp3) is 0.154. The first-order valence-corrected chi connectivity index (χ1v) is 6.77. The van der Waals surface area contributed by atoms with Crippen molar-refractivity contribution in [2.45, 2.75) is 11.8 Å². The van der Waals surface area contributed by atoms with Gasteiger partial charge in [0.15, 0.2) is 0 Å². The molecule has 2 aromatic rings. The van der Waals surface area contributed by atoms with Crippen LogP contribution in [0.4, 0.5) is 11.4 Å². The number of rotatable bonds is 4. The van der Waals surface area contributed by atoms with E-state index in [2.05, 4.69) is 26.2 Å². The molecule has 104 valence electrons. The van der Waals surface area contributed by atoms with E-state index in [4.69, 9.17) is 0 Å². The number of carbonyl (C=O) groups is 1. The van der Waals surface area contributed by atoms with E-state index >= 15 is 0 Å². The molecule has 1 aromatic heterocycles. The lowest BCUT2D eigenvalue weighted by atomic mass is 10.1. The van der Waals surface area contributed by atoms with Gasteiger partial charge in [-0.3, -0.25) is 14.9 Å². The number of amides is 1. The summed E-state index contributed by atoms with van der Waals surface area (Å²) in [6.45, 7) is 1.95. The smallest absolute Gasteiger partial charge is 0.287 e. The molecule has 0 aliphatic rings. The van der Waals surface area contributed by atoms with E-state index in [1.54, 1.807) is 6.07 Å². The minimum absolute atomic E-state index is 0.0805. The first kappa shape index (κ1) is 14.3. The van der Waals surface area contributed by atoms with Crippen molar-refractivity contribution in [3.05, 3.63) is 57.9 Å². The maximum absolute atomic E-state index is 12.0. The number of hydrogen-bond acceptors (Lipinski definition) is 3. The molecule has 2 N–H and O–H groups in total. The van der Waals surface area contributed by atoms with E-state index < -0.39 is 10.8 Å². The quantitative estimate of drug-likeness (QED) is 0.507. The summed E-state index contributed by atoms with van der Waals surface area (Å²) >= 11 is 3.45. The van der Waals surface area contributed by atoms with Gasteiger partial charge in [0.05, 0.1) is 11.1 Å². The highest BCUT2D eigenvalue weighted by Crippen LogP contribution is 2.29. The molecular weight excluding hydrogens is 326 g/mol. The molecule has 7 heteroatoms. The lowest BCUT2D eigenvalue weighted by Crippen LogP contribution is -2.13. The van der Waals surface area contributed by atoms with Crippen molar-refractivity contribution in [2.75, 3.05) is 5.32 Å². The summed E-state index contributed by atoms with van der Waals surface area (Å²) in [5, 5.41) is 13.3. The molecule has 1 amide bonds. The Morgan fingerprint density at radius 3 is 2.75 bits per heavy atom. The molecular formula is C13H12BrN3O3. The van der Waals surface area contributed by atoms with Crippen LogP contribution in [0.5, 0.6) is 0 Å². The monoisotopic (exact) mass is 337 g/mol. The fourth-order valence-corrected chi connectivity index (χ4v) is 2.17. The number of para-hydroxylation sites is 1. The minimum atomic E-state index is -0.554. The summed E-state index contributed by atoms with van der Waals surface area (Å²) in [6, 6.07) is 8.57. The van der Waals surface area contributed by atoms with Gasteiger partial charge >= 0.3 is 0 Å². The standard InChI is InChI=1S/C13H12BrN3O3/c1-8(14)10-4-2-3-5-11(10)16-13(18)12-6-9(7-15-12)17(19)20/h2-8,15H,1H3,(H,16,18). The van der Waals surface area contributed by atoms with Crippen molar-refractivity contribution in [2.24, 2.45) is 0 Å². The number of aromatic amines is 1. The topological polar surface area (TPSA) is 88.0 Å². The van der Waals surface area contributed by atoms with Crippen LogP contribution < -0.4 is 5.32 Å². The van der Waals surface area contributed by atoms with E-state index in [0.717, 1.165) is 5.56 Å². The molecule has 1 atom stereocenters. The van der Waals surface area contributed by atoms with Crippen molar-refractivity contribution in [1.82, 2.24) is 4.98 Å². The predicted octanol–water partition coefficient (Wildman–Crippen LogP) is 3.63. The molecule has 0 radical (unpaired) electrons. The largest absolute Gasteiger partial charge is 0.351 e. The Bertz CT molecular complexity index is 652. The Balaban J connectivity index is 2.21. The third-order valence-corrected chi connectivity index (χ3v) is 3.25. The van der Waals surface area contributed by atoms with Crippen LogP contribution in [0.1, 0.15) is 27.8 Å². The van der Waals surface area contributed by atoms with Crippen LogP contribution in [0.15, 0.2) is 36.5 Å². The van der Waals surface area contributed by atoms with E-state index in [-0.39, 0.29) is 16.2 Å². The molecule has 0 fully saturated rings. The first-order chi connectivity index (χ1) is 9.49. The van der Waals surface area contributed by atoms with Gasteiger partial charge in [-0.1, -0.05) is 34.1 Å². The highest BCUT2D eigenvalue weighted by Gasteiger charge is 2.16. The number of nitrogens with zero attached hydrogens (tertiary/aromatic N) is 1. The number of hydrogen-bond donors (Lipinski definition) is 2. The van der Waals surface area contributed by atoms with Gasteiger partial charge in [-0.25, -0.2) is 0 Å². The Kier molecular flexibility index (Phi) is 4.19. The number of nitrogens with one attached hydrogen (secondary N) is 2. The summed E-state index contributed by atoms with van der Waals surface area (Å²) in [5.74, 6) is -0.418. The Morgan fingerprint density at radius 1 is 1.45 bits per heavy atom. The third kappa shape index (κ3) is 3.05. The van der Waals surface area contributed by atoms with Gasteiger partial charge < -0.3 is 10.3 Å². The van der Waals surface area contributed by atoms with E-state index in [1.807, 2.05) is 25.1 Å². The van der Waals surface area contributed by atoms with Crippen molar-refractivity contribution in [3.63, 3.8) is 0 Å². The van der Waals surface area contributed by atoms with Crippen molar-refractivity contribution < 1.29 is 9.72 Å². The van der Waals surface area contributed by atoms with Gasteiger partial charge in [0, 0.05) is 16.6 Å². The average molecular weight is 338 g/mol. The van der Waals surface area contributed by atoms with Crippen LogP contribution in [-0.2, 0) is 0 Å². The zero-order valence-corrected chi connectivity index (χ0v) is 12.2. The van der Waals surface area contributed by atoms with Gasteiger partial charge in [0.1, 0.15) is 5.69 Å². The van der Waals surface area contributed by atoms with Gasteiger partial charge in [0.2, 0.25) is 0 Å². The molecule has 0 aliphatic carbocycles. The van der Waals surface area contributed by atoms with Crippen LogP contribution in [0.25, 0.3) is 0 Å². The SMILES string of the molecule is CC(Br)c1ccccc1NC(=O)c1cc([N+](=O)[O-])c[nH]1. The van der Waals surface area contributed by atoms with Gasteiger partial charge in [-0.2, -0.15) is 0 Å². The molecule has 0 aliphatic heterocycles. The highest BCUT2D eigenvalue weighted by molar-refractivity contribution is 9.09. The molecule has 20 heavy (non-hydrogen) atoms. The van der Waals surface area contributed by atoms with Gasteiger partial charge in [-0.15, -0.1) is 0 Å². The van der Waals surface area contributed by atoms with Gasteiger partial charge in [0.25, 0.3) is 11.6 Å². The maximum atomic E-state index is 12.0. The van der Waals surface area contributed by atoms with Crippen LogP contribution in [0.3, 0.4) is 0 Å².